The molecule has 5 heteroatoms. The van der Waals surface area contributed by atoms with Gasteiger partial charge in [0.15, 0.2) is 0 Å². The van der Waals surface area contributed by atoms with Gasteiger partial charge in [0.1, 0.15) is 4.99 Å². The molecule has 0 radical (unpaired) electrons. The lowest BCUT2D eigenvalue weighted by molar-refractivity contribution is -0.116. The lowest BCUT2D eigenvalue weighted by Crippen LogP contribution is -2.37. The van der Waals surface area contributed by atoms with E-state index in [2.05, 4.69) is 13.8 Å². The fourth-order valence-electron chi connectivity index (χ4n) is 1.99. The molecule has 19 heavy (non-hydrogen) atoms. The Morgan fingerprint density at radius 2 is 2.00 bits per heavy atom. The van der Waals surface area contributed by atoms with Gasteiger partial charge < -0.3 is 16.4 Å². The van der Waals surface area contributed by atoms with Gasteiger partial charge in [-0.25, -0.2) is 0 Å². The van der Waals surface area contributed by atoms with Crippen LogP contribution in [0.5, 0.6) is 0 Å². The molecule has 0 bridgehead atoms. The van der Waals surface area contributed by atoms with Gasteiger partial charge in [-0.1, -0.05) is 32.1 Å². The second-order valence-electron chi connectivity index (χ2n) is 5.13. The Labute approximate surface area is 119 Å². The molecule has 4 nitrogen and oxygen atoms in total. The highest BCUT2D eigenvalue weighted by Gasteiger charge is 2.16. The molecule has 0 aliphatic heterocycles. The first-order valence-electron chi connectivity index (χ1n) is 6.25. The van der Waals surface area contributed by atoms with Crippen LogP contribution in [0, 0.1) is 12.8 Å². The predicted octanol–water partition coefficient (Wildman–Crippen LogP) is 1.58. The largest absolute Gasteiger partial charge is 0.389 e. The topological polar surface area (TPSA) is 72.3 Å². The van der Waals surface area contributed by atoms with Crippen molar-refractivity contribution in [3.63, 3.8) is 0 Å². The van der Waals surface area contributed by atoms with Gasteiger partial charge in [-0.3, -0.25) is 4.79 Å². The van der Waals surface area contributed by atoms with Crippen molar-refractivity contribution >= 4 is 28.8 Å². The molecule has 1 amide bonds. The molecule has 0 saturated carbocycles. The average Bonchev–Trinajstić information content (AvgIpc) is 2.26. The molecule has 0 heterocycles. The minimum Gasteiger partial charge on any atom is -0.389 e. The highest BCUT2D eigenvalue weighted by atomic mass is 32.1. The summed E-state index contributed by atoms with van der Waals surface area (Å²) in [6.45, 7) is 7.05. The quantitative estimate of drug-likeness (QED) is 0.775. The van der Waals surface area contributed by atoms with Gasteiger partial charge in [-0.15, -0.1) is 0 Å². The van der Waals surface area contributed by atoms with E-state index in [9.17, 15) is 4.79 Å². The molecule has 0 atom stereocenters. The first-order chi connectivity index (χ1) is 8.81. The third-order valence-corrected chi connectivity index (χ3v) is 2.91. The van der Waals surface area contributed by atoms with Crippen molar-refractivity contribution in [2.24, 2.45) is 17.4 Å². The van der Waals surface area contributed by atoms with E-state index in [4.69, 9.17) is 23.7 Å². The number of carbonyl (C=O) groups excluding carboxylic acids is 1. The highest BCUT2D eigenvalue weighted by molar-refractivity contribution is 7.80. The van der Waals surface area contributed by atoms with Crippen LogP contribution in [0.25, 0.3) is 0 Å². The number of thiocarbonyl (C=S) groups is 1. The summed E-state index contributed by atoms with van der Waals surface area (Å²) < 4.78 is 0. The van der Waals surface area contributed by atoms with Crippen molar-refractivity contribution in [2.75, 3.05) is 18.0 Å². The minimum atomic E-state index is -0.365. The summed E-state index contributed by atoms with van der Waals surface area (Å²) in [5.74, 6) is 0.0371. The zero-order valence-corrected chi connectivity index (χ0v) is 12.5. The third kappa shape index (κ3) is 4.52. The highest BCUT2D eigenvalue weighted by Crippen LogP contribution is 2.23. The SMILES string of the molecule is Cc1ccc(C(N)=S)c(N(CC(N)=O)CC(C)C)c1. The van der Waals surface area contributed by atoms with Crippen LogP contribution in [-0.2, 0) is 4.79 Å². The number of nitrogens with zero attached hydrogens (tertiary/aromatic N) is 1. The number of nitrogens with two attached hydrogens (primary N) is 2. The standard InChI is InChI=1S/C14H21N3OS/c1-9(2)7-17(8-13(15)18)12-6-10(3)4-5-11(12)14(16)19/h4-6,9H,7-8H2,1-3H3,(H2,15,18)(H2,16,19). The second kappa shape index (κ2) is 6.52. The molecular formula is C14H21N3OS. The molecule has 0 saturated heterocycles. The van der Waals surface area contributed by atoms with Crippen LogP contribution in [0.3, 0.4) is 0 Å². The number of benzene rings is 1. The predicted molar refractivity (Wildman–Crippen MR) is 83.3 cm³/mol. The zero-order chi connectivity index (χ0) is 14.6. The molecule has 0 aliphatic carbocycles. The Hall–Kier alpha value is -1.62. The molecule has 4 N–H and O–H groups in total. The van der Waals surface area contributed by atoms with Crippen molar-refractivity contribution in [1.29, 1.82) is 0 Å². The first kappa shape index (κ1) is 15.4. The first-order valence-corrected chi connectivity index (χ1v) is 6.65. The Kier molecular flexibility index (Phi) is 5.30. The van der Waals surface area contributed by atoms with Crippen LogP contribution in [-0.4, -0.2) is 24.0 Å². The maximum absolute atomic E-state index is 11.2. The molecule has 1 aromatic carbocycles. The smallest absolute Gasteiger partial charge is 0.236 e. The number of amides is 1. The number of hydrogen-bond donors (Lipinski definition) is 2. The molecule has 0 unspecified atom stereocenters. The van der Waals surface area contributed by atoms with Gasteiger partial charge in [-0.2, -0.15) is 0 Å². The van der Waals surface area contributed by atoms with E-state index in [1.54, 1.807) is 0 Å². The van der Waals surface area contributed by atoms with Crippen LogP contribution in [0.4, 0.5) is 5.69 Å². The number of hydrogen-bond acceptors (Lipinski definition) is 3. The fraction of sp³-hybridized carbons (Fsp3) is 0.429. The molecule has 0 aliphatic rings. The zero-order valence-electron chi connectivity index (χ0n) is 11.6. The van der Waals surface area contributed by atoms with Crippen molar-refractivity contribution in [2.45, 2.75) is 20.8 Å². The summed E-state index contributed by atoms with van der Waals surface area (Å²) in [4.78, 5) is 13.5. The summed E-state index contributed by atoms with van der Waals surface area (Å²) in [5, 5.41) is 0. The maximum Gasteiger partial charge on any atom is 0.236 e. The van der Waals surface area contributed by atoms with E-state index < -0.39 is 0 Å². The Bertz CT molecular complexity index is 486. The van der Waals surface area contributed by atoms with Crippen LogP contribution in [0.15, 0.2) is 18.2 Å². The van der Waals surface area contributed by atoms with E-state index in [0.29, 0.717) is 10.9 Å². The van der Waals surface area contributed by atoms with Crippen molar-refractivity contribution in [1.82, 2.24) is 0 Å². The van der Waals surface area contributed by atoms with Gasteiger partial charge in [0, 0.05) is 17.8 Å². The Balaban J connectivity index is 3.22. The molecule has 1 aromatic rings. The molecule has 104 valence electrons. The van der Waals surface area contributed by atoms with Crippen molar-refractivity contribution in [3.8, 4) is 0 Å². The maximum atomic E-state index is 11.2. The van der Waals surface area contributed by atoms with E-state index in [1.807, 2.05) is 30.0 Å². The van der Waals surface area contributed by atoms with Crippen LogP contribution >= 0.6 is 12.2 Å². The lowest BCUT2D eigenvalue weighted by atomic mass is 10.1. The van der Waals surface area contributed by atoms with Crippen molar-refractivity contribution in [3.05, 3.63) is 29.3 Å². The van der Waals surface area contributed by atoms with Gasteiger partial charge in [0.05, 0.1) is 6.54 Å². The normalized spacial score (nSPS) is 10.5. The third-order valence-electron chi connectivity index (χ3n) is 2.69. The molecular weight excluding hydrogens is 258 g/mol. The molecule has 0 spiro atoms. The summed E-state index contributed by atoms with van der Waals surface area (Å²) in [5.41, 5.74) is 13.8. The fourth-order valence-corrected chi connectivity index (χ4v) is 2.16. The van der Waals surface area contributed by atoms with Crippen molar-refractivity contribution < 1.29 is 4.79 Å². The van der Waals surface area contributed by atoms with E-state index >= 15 is 0 Å². The summed E-state index contributed by atoms with van der Waals surface area (Å²) in [6, 6.07) is 5.83. The summed E-state index contributed by atoms with van der Waals surface area (Å²) in [6.07, 6.45) is 0. The van der Waals surface area contributed by atoms with Crippen LogP contribution in [0.2, 0.25) is 0 Å². The number of primary amides is 1. The van der Waals surface area contributed by atoms with E-state index in [0.717, 1.165) is 23.4 Å². The number of carbonyl (C=O) groups is 1. The Morgan fingerprint density at radius 3 is 2.47 bits per heavy atom. The monoisotopic (exact) mass is 279 g/mol. The number of anilines is 1. The van der Waals surface area contributed by atoms with Gasteiger partial charge in [0.2, 0.25) is 5.91 Å². The lowest BCUT2D eigenvalue weighted by Gasteiger charge is -2.27. The molecule has 0 fully saturated rings. The van der Waals surface area contributed by atoms with Gasteiger partial charge in [0.25, 0.3) is 0 Å². The summed E-state index contributed by atoms with van der Waals surface area (Å²) >= 11 is 5.07. The van der Waals surface area contributed by atoms with Crippen LogP contribution < -0.4 is 16.4 Å². The van der Waals surface area contributed by atoms with E-state index in [-0.39, 0.29) is 12.5 Å². The Morgan fingerprint density at radius 1 is 1.37 bits per heavy atom. The van der Waals surface area contributed by atoms with E-state index in [1.165, 1.54) is 0 Å². The molecule has 1 rings (SSSR count). The second-order valence-corrected chi connectivity index (χ2v) is 5.57. The van der Waals surface area contributed by atoms with Gasteiger partial charge >= 0.3 is 0 Å². The average molecular weight is 279 g/mol. The number of rotatable bonds is 6. The summed E-state index contributed by atoms with van der Waals surface area (Å²) in [7, 11) is 0. The van der Waals surface area contributed by atoms with Gasteiger partial charge in [-0.05, 0) is 30.5 Å². The van der Waals surface area contributed by atoms with Crippen LogP contribution in [0.1, 0.15) is 25.0 Å². The minimum absolute atomic E-state index is 0.164. The number of aryl methyl sites for hydroxylation is 1. The molecule has 0 aromatic heterocycles.